The van der Waals surface area contributed by atoms with Gasteiger partial charge in [-0.25, -0.2) is 12.8 Å². The van der Waals surface area contributed by atoms with E-state index in [0.29, 0.717) is 6.42 Å². The van der Waals surface area contributed by atoms with Crippen LogP contribution in [0.2, 0.25) is 0 Å². The number of rotatable bonds is 4. The smallest absolute Gasteiger partial charge is 0.165 e. The molecule has 112 valence electrons. The summed E-state index contributed by atoms with van der Waals surface area (Å²) in [5.74, 6) is 0.127. The monoisotopic (exact) mass is 301 g/mol. The highest BCUT2D eigenvalue weighted by Crippen LogP contribution is 2.28. The standard InChI is InChI=1S/C14H20FNO3S/c1-10(11-4-5-13(19-3)12(15)8-11)16-14(2)6-7-20(17,18)9-14/h4-5,8,10,16H,6-7,9H2,1-3H3. The van der Waals surface area contributed by atoms with E-state index >= 15 is 0 Å². The van der Waals surface area contributed by atoms with Gasteiger partial charge in [0.25, 0.3) is 0 Å². The minimum atomic E-state index is -2.96. The van der Waals surface area contributed by atoms with Crippen LogP contribution in [0.4, 0.5) is 4.39 Å². The molecule has 1 N–H and O–H groups in total. The average molecular weight is 301 g/mol. The van der Waals surface area contributed by atoms with Gasteiger partial charge in [0.1, 0.15) is 0 Å². The van der Waals surface area contributed by atoms with Crippen LogP contribution in [0.3, 0.4) is 0 Å². The van der Waals surface area contributed by atoms with Gasteiger partial charge in [-0.1, -0.05) is 6.07 Å². The average Bonchev–Trinajstić information content (AvgIpc) is 2.63. The molecular formula is C14H20FNO3S. The van der Waals surface area contributed by atoms with E-state index in [2.05, 4.69) is 5.32 Å². The Labute approximate surface area is 119 Å². The number of sulfone groups is 1. The maximum absolute atomic E-state index is 13.7. The van der Waals surface area contributed by atoms with Gasteiger partial charge in [-0.3, -0.25) is 0 Å². The largest absolute Gasteiger partial charge is 0.494 e. The van der Waals surface area contributed by atoms with E-state index in [1.54, 1.807) is 12.1 Å². The minimum absolute atomic E-state index is 0.128. The van der Waals surface area contributed by atoms with Crippen LogP contribution in [0.15, 0.2) is 18.2 Å². The van der Waals surface area contributed by atoms with Crippen LogP contribution >= 0.6 is 0 Å². The molecule has 0 spiro atoms. The zero-order valence-electron chi connectivity index (χ0n) is 11.9. The van der Waals surface area contributed by atoms with Crippen molar-refractivity contribution in [1.82, 2.24) is 5.32 Å². The van der Waals surface area contributed by atoms with Crippen molar-refractivity contribution in [1.29, 1.82) is 0 Å². The zero-order valence-corrected chi connectivity index (χ0v) is 12.8. The fraction of sp³-hybridized carbons (Fsp3) is 0.571. The van der Waals surface area contributed by atoms with Gasteiger partial charge in [0.15, 0.2) is 21.4 Å². The lowest BCUT2D eigenvalue weighted by atomic mass is 9.98. The minimum Gasteiger partial charge on any atom is -0.494 e. The molecule has 0 saturated carbocycles. The molecule has 1 fully saturated rings. The molecule has 4 nitrogen and oxygen atoms in total. The van der Waals surface area contributed by atoms with Crippen molar-refractivity contribution < 1.29 is 17.5 Å². The van der Waals surface area contributed by atoms with Crippen LogP contribution < -0.4 is 10.1 Å². The van der Waals surface area contributed by atoms with Crippen LogP contribution in [0, 0.1) is 5.82 Å². The van der Waals surface area contributed by atoms with Crippen LogP contribution in [-0.2, 0) is 9.84 Å². The fourth-order valence-corrected chi connectivity index (χ4v) is 4.79. The van der Waals surface area contributed by atoms with E-state index in [1.165, 1.54) is 13.2 Å². The maximum atomic E-state index is 13.7. The van der Waals surface area contributed by atoms with E-state index in [4.69, 9.17) is 4.74 Å². The summed E-state index contributed by atoms with van der Waals surface area (Å²) in [5, 5.41) is 3.31. The second-order valence-electron chi connectivity index (χ2n) is 5.66. The summed E-state index contributed by atoms with van der Waals surface area (Å²) in [5.41, 5.74) is 0.322. The molecule has 1 heterocycles. The van der Waals surface area contributed by atoms with E-state index in [9.17, 15) is 12.8 Å². The number of hydrogen-bond donors (Lipinski definition) is 1. The Morgan fingerprint density at radius 2 is 2.15 bits per heavy atom. The van der Waals surface area contributed by atoms with E-state index in [1.807, 2.05) is 13.8 Å². The van der Waals surface area contributed by atoms with E-state index < -0.39 is 21.2 Å². The van der Waals surface area contributed by atoms with E-state index in [-0.39, 0.29) is 23.3 Å². The number of benzene rings is 1. The van der Waals surface area contributed by atoms with Crippen molar-refractivity contribution in [2.24, 2.45) is 0 Å². The summed E-state index contributed by atoms with van der Waals surface area (Å²) in [6.45, 7) is 3.80. The molecule has 1 aromatic carbocycles. The Kier molecular flexibility index (Phi) is 4.07. The molecule has 0 bridgehead atoms. The fourth-order valence-electron chi connectivity index (χ4n) is 2.68. The summed E-state index contributed by atoms with van der Waals surface area (Å²) in [6, 6.07) is 4.65. The highest BCUT2D eigenvalue weighted by atomic mass is 32.2. The third-order valence-electron chi connectivity index (χ3n) is 3.74. The van der Waals surface area contributed by atoms with Crippen molar-refractivity contribution in [3.05, 3.63) is 29.6 Å². The molecule has 0 aromatic heterocycles. The van der Waals surface area contributed by atoms with Crippen LogP contribution in [-0.4, -0.2) is 32.6 Å². The topological polar surface area (TPSA) is 55.4 Å². The van der Waals surface area contributed by atoms with Crippen molar-refractivity contribution in [2.75, 3.05) is 18.6 Å². The van der Waals surface area contributed by atoms with Crippen LogP contribution in [0.1, 0.15) is 31.9 Å². The van der Waals surface area contributed by atoms with Crippen molar-refractivity contribution in [2.45, 2.75) is 31.8 Å². The first-order valence-electron chi connectivity index (χ1n) is 6.56. The molecule has 1 aliphatic heterocycles. The van der Waals surface area contributed by atoms with Gasteiger partial charge in [-0.05, 0) is 38.0 Å². The third kappa shape index (κ3) is 3.30. The Balaban J connectivity index is 2.12. The van der Waals surface area contributed by atoms with Gasteiger partial charge in [0, 0.05) is 11.6 Å². The molecule has 1 aliphatic rings. The SMILES string of the molecule is COc1ccc(C(C)NC2(C)CCS(=O)(=O)C2)cc1F. The molecular weight excluding hydrogens is 281 g/mol. The highest BCUT2D eigenvalue weighted by molar-refractivity contribution is 7.91. The predicted octanol–water partition coefficient (Wildman–Crippen LogP) is 2.06. The third-order valence-corrected chi connectivity index (χ3v) is 5.65. The molecule has 2 unspecified atom stereocenters. The summed E-state index contributed by atoms with van der Waals surface area (Å²) in [7, 11) is -1.54. The number of halogens is 1. The van der Waals surface area contributed by atoms with Crippen molar-refractivity contribution in [3.63, 3.8) is 0 Å². The summed E-state index contributed by atoms with van der Waals surface area (Å²) in [4.78, 5) is 0. The van der Waals surface area contributed by atoms with Crippen molar-refractivity contribution >= 4 is 9.84 Å². The summed E-state index contributed by atoms with van der Waals surface area (Å²) in [6.07, 6.45) is 0.582. The van der Waals surface area contributed by atoms with Gasteiger partial charge < -0.3 is 10.1 Å². The lowest BCUT2D eigenvalue weighted by Crippen LogP contribution is -2.44. The number of methoxy groups -OCH3 is 1. The molecule has 2 rings (SSSR count). The van der Waals surface area contributed by atoms with Crippen molar-refractivity contribution in [3.8, 4) is 5.75 Å². The summed E-state index contributed by atoms with van der Waals surface area (Å²) >= 11 is 0. The van der Waals surface area contributed by atoms with Gasteiger partial charge in [-0.15, -0.1) is 0 Å². The summed E-state index contributed by atoms with van der Waals surface area (Å²) < 4.78 is 41.8. The van der Waals surface area contributed by atoms with Crippen LogP contribution in [0.25, 0.3) is 0 Å². The molecule has 1 aromatic rings. The lowest BCUT2D eigenvalue weighted by Gasteiger charge is -2.29. The number of ether oxygens (including phenoxy) is 1. The molecule has 1 saturated heterocycles. The predicted molar refractivity (Wildman–Crippen MR) is 76.2 cm³/mol. The Hall–Kier alpha value is -1.14. The first-order valence-corrected chi connectivity index (χ1v) is 8.38. The Morgan fingerprint density at radius 1 is 1.45 bits per heavy atom. The maximum Gasteiger partial charge on any atom is 0.165 e. The Bertz CT molecular complexity index is 602. The molecule has 0 aliphatic carbocycles. The highest BCUT2D eigenvalue weighted by Gasteiger charge is 2.39. The van der Waals surface area contributed by atoms with Gasteiger partial charge in [0.2, 0.25) is 0 Å². The first-order chi connectivity index (χ1) is 9.25. The van der Waals surface area contributed by atoms with Gasteiger partial charge >= 0.3 is 0 Å². The van der Waals surface area contributed by atoms with Gasteiger partial charge in [0.05, 0.1) is 18.6 Å². The zero-order chi connectivity index (χ0) is 15.0. The normalized spacial score (nSPS) is 26.4. The second kappa shape index (κ2) is 5.33. The molecule has 0 amide bonds. The lowest BCUT2D eigenvalue weighted by molar-refractivity contribution is 0.353. The number of nitrogens with one attached hydrogen (secondary N) is 1. The van der Waals surface area contributed by atoms with E-state index in [0.717, 1.165) is 5.56 Å². The van der Waals surface area contributed by atoms with Crippen LogP contribution in [0.5, 0.6) is 5.75 Å². The molecule has 6 heteroatoms. The Morgan fingerprint density at radius 3 is 2.65 bits per heavy atom. The molecule has 0 radical (unpaired) electrons. The first kappa shape index (κ1) is 15.3. The second-order valence-corrected chi connectivity index (χ2v) is 7.85. The molecule has 20 heavy (non-hydrogen) atoms. The molecule has 2 atom stereocenters. The quantitative estimate of drug-likeness (QED) is 0.925. The van der Waals surface area contributed by atoms with Gasteiger partial charge in [-0.2, -0.15) is 0 Å². The number of hydrogen-bond acceptors (Lipinski definition) is 4.